The molecule has 6 heteroatoms. The molecule has 5 rings (SSSR count). The van der Waals surface area contributed by atoms with Crippen LogP contribution in [0.5, 0.6) is 0 Å². The molecule has 0 radical (unpaired) electrons. The van der Waals surface area contributed by atoms with E-state index in [1.54, 1.807) is 23.1 Å². The molecule has 2 aromatic rings. The van der Waals surface area contributed by atoms with E-state index in [1.807, 2.05) is 36.4 Å². The van der Waals surface area contributed by atoms with Gasteiger partial charge in [-0.2, -0.15) is 0 Å². The van der Waals surface area contributed by atoms with Crippen molar-refractivity contribution in [2.75, 3.05) is 4.90 Å². The van der Waals surface area contributed by atoms with Gasteiger partial charge in [0.05, 0.1) is 10.7 Å². The van der Waals surface area contributed by atoms with Crippen molar-refractivity contribution in [3.8, 4) is 0 Å². The Morgan fingerprint density at radius 2 is 1.63 bits per heavy atom. The van der Waals surface area contributed by atoms with Gasteiger partial charge in [0.15, 0.2) is 0 Å². The predicted octanol–water partition coefficient (Wildman–Crippen LogP) is 7.07. The van der Waals surface area contributed by atoms with Crippen LogP contribution in [0.15, 0.2) is 48.5 Å². The van der Waals surface area contributed by atoms with Crippen molar-refractivity contribution in [1.82, 2.24) is 5.32 Å². The molecule has 2 saturated carbocycles. The lowest BCUT2D eigenvalue weighted by Crippen LogP contribution is -2.58. The fourth-order valence-electron chi connectivity index (χ4n) is 6.38. The van der Waals surface area contributed by atoms with Crippen LogP contribution in [0.3, 0.4) is 0 Å². The number of nitrogens with zero attached hydrogens (tertiary/aromatic N) is 1. The summed E-state index contributed by atoms with van der Waals surface area (Å²) in [6.07, 6.45) is 13.7. The number of hydrogen-bond donors (Lipinski definition) is 1. The van der Waals surface area contributed by atoms with Gasteiger partial charge in [-0.05, 0) is 55.0 Å². The summed E-state index contributed by atoms with van der Waals surface area (Å²) in [7, 11) is 0. The predicted molar refractivity (Wildman–Crippen MR) is 143 cm³/mol. The van der Waals surface area contributed by atoms with E-state index in [0.717, 1.165) is 68.9 Å². The lowest BCUT2D eigenvalue weighted by Gasteiger charge is -2.41. The van der Waals surface area contributed by atoms with Gasteiger partial charge >= 0.3 is 0 Å². The van der Waals surface area contributed by atoms with Gasteiger partial charge in [0.25, 0.3) is 5.91 Å². The fraction of sp³-hybridized carbons (Fsp3) is 0.448. The zero-order chi connectivity index (χ0) is 24.4. The monoisotopic (exact) mass is 510 g/mol. The van der Waals surface area contributed by atoms with Crippen LogP contribution >= 0.6 is 23.2 Å². The summed E-state index contributed by atoms with van der Waals surface area (Å²) in [5.41, 5.74) is 2.04. The first-order valence-corrected chi connectivity index (χ1v) is 13.6. The molecule has 1 aliphatic heterocycles. The van der Waals surface area contributed by atoms with Gasteiger partial charge in [-0.3, -0.25) is 14.5 Å². The van der Waals surface area contributed by atoms with Crippen LogP contribution in [0.1, 0.15) is 75.3 Å². The maximum Gasteiger partial charge on any atom is 0.251 e. The SMILES string of the molecule is O=C(NC1CCCCC1)C1N(C(=O)/C=C/c2ccccc2)c2c(Cl)cc(Cl)cc2C12CCCCC2. The van der Waals surface area contributed by atoms with Gasteiger partial charge < -0.3 is 5.32 Å². The van der Waals surface area contributed by atoms with Crippen LogP contribution in [0.4, 0.5) is 5.69 Å². The molecular weight excluding hydrogens is 479 g/mol. The number of halogens is 2. The summed E-state index contributed by atoms with van der Waals surface area (Å²) in [5.74, 6) is -0.297. The highest BCUT2D eigenvalue weighted by Gasteiger charge is 2.57. The molecule has 1 N–H and O–H groups in total. The molecule has 2 fully saturated rings. The minimum Gasteiger partial charge on any atom is -0.352 e. The number of carbonyl (C=O) groups is 2. The van der Waals surface area contributed by atoms with Crippen LogP contribution < -0.4 is 10.2 Å². The zero-order valence-electron chi connectivity index (χ0n) is 19.9. The Balaban J connectivity index is 1.58. The number of nitrogens with one attached hydrogen (secondary N) is 1. The number of anilines is 1. The van der Waals surface area contributed by atoms with Crippen molar-refractivity contribution in [3.63, 3.8) is 0 Å². The third-order valence-electron chi connectivity index (χ3n) is 7.99. The average molecular weight is 511 g/mol. The van der Waals surface area contributed by atoms with Gasteiger partial charge in [0, 0.05) is 22.6 Å². The molecule has 0 saturated heterocycles. The summed E-state index contributed by atoms with van der Waals surface area (Å²) in [6, 6.07) is 12.9. The Morgan fingerprint density at radius 1 is 0.943 bits per heavy atom. The average Bonchev–Trinajstić information content (AvgIpc) is 3.14. The number of amides is 2. The van der Waals surface area contributed by atoms with E-state index in [0.29, 0.717) is 15.7 Å². The highest BCUT2D eigenvalue weighted by molar-refractivity contribution is 6.37. The Labute approximate surface area is 217 Å². The van der Waals surface area contributed by atoms with Gasteiger partial charge in [-0.1, -0.05) is 92.1 Å². The summed E-state index contributed by atoms with van der Waals surface area (Å²) in [5, 5.41) is 4.29. The molecular formula is C29H32Cl2N2O2. The van der Waals surface area contributed by atoms with Crippen LogP contribution in [-0.4, -0.2) is 23.9 Å². The number of benzene rings is 2. The zero-order valence-corrected chi connectivity index (χ0v) is 21.5. The summed E-state index contributed by atoms with van der Waals surface area (Å²) < 4.78 is 0. The van der Waals surface area contributed by atoms with E-state index in [9.17, 15) is 9.59 Å². The topological polar surface area (TPSA) is 49.4 Å². The first kappa shape index (κ1) is 24.4. The van der Waals surface area contributed by atoms with Crippen molar-refractivity contribution < 1.29 is 9.59 Å². The van der Waals surface area contributed by atoms with Gasteiger partial charge in [0.1, 0.15) is 6.04 Å². The van der Waals surface area contributed by atoms with E-state index in [-0.39, 0.29) is 17.9 Å². The Hall–Kier alpha value is -2.30. The quantitative estimate of drug-likeness (QED) is 0.447. The Bertz CT molecular complexity index is 1120. The van der Waals surface area contributed by atoms with Crippen LogP contribution in [0.2, 0.25) is 10.0 Å². The second-order valence-electron chi connectivity index (χ2n) is 10.2. The minimum atomic E-state index is -0.636. The molecule has 1 unspecified atom stereocenters. The third kappa shape index (κ3) is 4.75. The van der Waals surface area contributed by atoms with Gasteiger partial charge in [0.2, 0.25) is 5.91 Å². The Kier molecular flexibility index (Phi) is 7.22. The molecule has 0 bridgehead atoms. The normalized spacial score (nSPS) is 21.9. The van der Waals surface area contributed by atoms with Crippen LogP contribution in [-0.2, 0) is 15.0 Å². The molecule has 1 spiro atoms. The molecule has 3 aliphatic rings. The summed E-state index contributed by atoms with van der Waals surface area (Å²) >= 11 is 13.2. The van der Waals surface area contributed by atoms with E-state index in [2.05, 4.69) is 5.32 Å². The second-order valence-corrected chi connectivity index (χ2v) is 11.0. The lowest BCUT2D eigenvalue weighted by atomic mass is 9.66. The largest absolute Gasteiger partial charge is 0.352 e. The molecule has 35 heavy (non-hydrogen) atoms. The fourth-order valence-corrected chi connectivity index (χ4v) is 6.97. The van der Waals surface area contributed by atoms with Gasteiger partial charge in [-0.15, -0.1) is 0 Å². The minimum absolute atomic E-state index is 0.0661. The maximum atomic E-state index is 14.0. The number of rotatable bonds is 4. The van der Waals surface area contributed by atoms with E-state index in [4.69, 9.17) is 23.2 Å². The van der Waals surface area contributed by atoms with Crippen molar-refractivity contribution in [2.45, 2.75) is 81.7 Å². The van der Waals surface area contributed by atoms with E-state index >= 15 is 0 Å². The van der Waals surface area contributed by atoms with Crippen molar-refractivity contribution in [3.05, 3.63) is 69.7 Å². The molecule has 2 aliphatic carbocycles. The standard InChI is InChI=1S/C29H32Cl2N2O2/c30-21-18-23-26(24(31)19-21)33(25(34)15-14-20-10-4-1-5-11-20)27(29(23)16-8-3-9-17-29)28(35)32-22-12-6-2-7-13-22/h1,4-5,10-11,14-15,18-19,22,27H,2-3,6-9,12-13,16-17H2,(H,32,35)/b15-14+. The Morgan fingerprint density at radius 3 is 2.34 bits per heavy atom. The number of fused-ring (bicyclic) bond motifs is 2. The van der Waals surface area contributed by atoms with Crippen LogP contribution in [0.25, 0.3) is 6.08 Å². The van der Waals surface area contributed by atoms with Crippen molar-refractivity contribution >= 4 is 46.8 Å². The molecule has 0 aromatic heterocycles. The first-order chi connectivity index (χ1) is 17.0. The van der Waals surface area contributed by atoms with E-state index in [1.165, 1.54) is 6.42 Å². The summed E-state index contributed by atoms with van der Waals surface area (Å²) in [4.78, 5) is 29.5. The summed E-state index contributed by atoms with van der Waals surface area (Å²) in [6.45, 7) is 0. The van der Waals surface area contributed by atoms with Gasteiger partial charge in [-0.25, -0.2) is 0 Å². The van der Waals surface area contributed by atoms with Crippen molar-refractivity contribution in [2.24, 2.45) is 0 Å². The van der Waals surface area contributed by atoms with Crippen LogP contribution in [0, 0.1) is 0 Å². The maximum absolute atomic E-state index is 14.0. The highest BCUT2D eigenvalue weighted by atomic mass is 35.5. The smallest absolute Gasteiger partial charge is 0.251 e. The number of carbonyl (C=O) groups excluding carboxylic acids is 2. The molecule has 1 atom stereocenters. The lowest BCUT2D eigenvalue weighted by molar-refractivity contribution is -0.127. The third-order valence-corrected chi connectivity index (χ3v) is 8.49. The molecule has 2 aromatic carbocycles. The highest BCUT2D eigenvalue weighted by Crippen LogP contribution is 2.56. The molecule has 1 heterocycles. The van der Waals surface area contributed by atoms with Crippen molar-refractivity contribution in [1.29, 1.82) is 0 Å². The van der Waals surface area contributed by atoms with E-state index < -0.39 is 11.5 Å². The molecule has 184 valence electrons. The second kappa shape index (κ2) is 10.4. The number of hydrogen-bond acceptors (Lipinski definition) is 2. The first-order valence-electron chi connectivity index (χ1n) is 12.9. The molecule has 2 amide bonds. The molecule has 4 nitrogen and oxygen atoms in total.